The molecule has 0 aromatic heterocycles. The van der Waals surface area contributed by atoms with Crippen LogP contribution in [0.4, 0.5) is 14.9 Å². The van der Waals surface area contributed by atoms with Gasteiger partial charge in [0, 0.05) is 0 Å². The number of barbiturate groups is 1. The Bertz CT molecular complexity index is 1330. The van der Waals surface area contributed by atoms with Gasteiger partial charge in [0.15, 0.2) is 11.5 Å². The SMILES string of the molecule is COc1cc(/C=C2\C(=O)NC(=O)N(c3cc(C)cc(C)c3)C2=O)ccc1OCc1ccc(F)cc1. The van der Waals surface area contributed by atoms with Gasteiger partial charge in [-0.1, -0.05) is 24.3 Å². The zero-order valence-corrected chi connectivity index (χ0v) is 19.4. The topological polar surface area (TPSA) is 84.9 Å². The molecule has 3 aromatic rings. The summed E-state index contributed by atoms with van der Waals surface area (Å²) in [7, 11) is 1.47. The van der Waals surface area contributed by atoms with Crippen molar-refractivity contribution in [2.75, 3.05) is 12.0 Å². The van der Waals surface area contributed by atoms with Crippen molar-refractivity contribution in [2.24, 2.45) is 0 Å². The summed E-state index contributed by atoms with van der Waals surface area (Å²) in [6.45, 7) is 3.92. The second kappa shape index (κ2) is 9.80. The van der Waals surface area contributed by atoms with Crippen LogP contribution in [0, 0.1) is 19.7 Å². The fourth-order valence-electron chi connectivity index (χ4n) is 3.77. The monoisotopic (exact) mass is 474 g/mol. The Kier molecular flexibility index (Phi) is 6.64. The maximum absolute atomic E-state index is 13.2. The highest BCUT2D eigenvalue weighted by Crippen LogP contribution is 2.31. The molecule has 1 heterocycles. The van der Waals surface area contributed by atoms with Gasteiger partial charge in [0.1, 0.15) is 18.0 Å². The first kappa shape index (κ1) is 23.7. The molecule has 0 unspecified atom stereocenters. The van der Waals surface area contributed by atoms with Gasteiger partial charge in [0.25, 0.3) is 11.8 Å². The first-order valence-electron chi connectivity index (χ1n) is 10.8. The highest BCUT2D eigenvalue weighted by molar-refractivity contribution is 6.39. The summed E-state index contributed by atoms with van der Waals surface area (Å²) >= 11 is 0. The standard InChI is InChI=1S/C27H23FN2O5/c1-16-10-17(2)12-21(11-16)30-26(32)22(25(31)29-27(30)33)13-19-6-9-23(24(14-19)34-3)35-15-18-4-7-20(28)8-5-18/h4-14H,15H2,1-3H3,(H,29,31,33)/b22-13+. The van der Waals surface area contributed by atoms with E-state index in [2.05, 4.69) is 5.32 Å². The lowest BCUT2D eigenvalue weighted by molar-refractivity contribution is -0.122. The number of rotatable bonds is 6. The summed E-state index contributed by atoms with van der Waals surface area (Å²) in [6.07, 6.45) is 1.39. The van der Waals surface area contributed by atoms with Crippen LogP contribution in [-0.2, 0) is 16.2 Å². The normalized spacial score (nSPS) is 14.8. The average Bonchev–Trinajstić information content (AvgIpc) is 2.81. The van der Waals surface area contributed by atoms with Crippen LogP contribution in [0.5, 0.6) is 11.5 Å². The van der Waals surface area contributed by atoms with Gasteiger partial charge in [-0.2, -0.15) is 0 Å². The number of carbonyl (C=O) groups is 3. The minimum atomic E-state index is -0.802. The van der Waals surface area contributed by atoms with E-state index in [0.29, 0.717) is 22.7 Å². The number of aryl methyl sites for hydroxylation is 2. The van der Waals surface area contributed by atoms with Crippen molar-refractivity contribution in [3.8, 4) is 11.5 Å². The van der Waals surface area contributed by atoms with E-state index in [4.69, 9.17) is 9.47 Å². The molecule has 4 rings (SSSR count). The van der Waals surface area contributed by atoms with Crippen LogP contribution in [0.3, 0.4) is 0 Å². The van der Waals surface area contributed by atoms with E-state index in [1.807, 2.05) is 19.9 Å². The molecule has 8 heteroatoms. The maximum Gasteiger partial charge on any atom is 0.335 e. The van der Waals surface area contributed by atoms with Crippen molar-refractivity contribution in [2.45, 2.75) is 20.5 Å². The van der Waals surface area contributed by atoms with Crippen LogP contribution in [0.25, 0.3) is 6.08 Å². The quantitative estimate of drug-likeness (QED) is 0.414. The van der Waals surface area contributed by atoms with Gasteiger partial charge < -0.3 is 9.47 Å². The second-order valence-corrected chi connectivity index (χ2v) is 8.13. The van der Waals surface area contributed by atoms with Crippen LogP contribution in [0.15, 0.2) is 66.2 Å². The number of anilines is 1. The Morgan fingerprint density at radius 3 is 2.26 bits per heavy atom. The van der Waals surface area contributed by atoms with Gasteiger partial charge in [0.05, 0.1) is 12.8 Å². The maximum atomic E-state index is 13.2. The van der Waals surface area contributed by atoms with E-state index in [1.54, 1.807) is 42.5 Å². The molecule has 178 valence electrons. The van der Waals surface area contributed by atoms with E-state index >= 15 is 0 Å². The zero-order valence-electron chi connectivity index (χ0n) is 19.4. The van der Waals surface area contributed by atoms with Crippen LogP contribution in [-0.4, -0.2) is 25.0 Å². The molecule has 0 bridgehead atoms. The zero-order chi connectivity index (χ0) is 25.1. The van der Waals surface area contributed by atoms with Gasteiger partial charge in [-0.3, -0.25) is 14.9 Å². The molecular weight excluding hydrogens is 451 g/mol. The lowest BCUT2D eigenvalue weighted by Gasteiger charge is -2.27. The molecule has 1 fully saturated rings. The summed E-state index contributed by atoms with van der Waals surface area (Å²) < 4.78 is 24.3. The van der Waals surface area contributed by atoms with E-state index in [0.717, 1.165) is 21.6 Å². The highest BCUT2D eigenvalue weighted by Gasteiger charge is 2.37. The molecule has 1 aliphatic rings. The van der Waals surface area contributed by atoms with E-state index in [-0.39, 0.29) is 18.0 Å². The lowest BCUT2D eigenvalue weighted by Crippen LogP contribution is -2.54. The molecule has 1 saturated heterocycles. The molecule has 0 saturated carbocycles. The number of methoxy groups -OCH3 is 1. The van der Waals surface area contributed by atoms with Crippen molar-refractivity contribution < 1.29 is 28.2 Å². The van der Waals surface area contributed by atoms with Crippen molar-refractivity contribution >= 4 is 29.6 Å². The average molecular weight is 474 g/mol. The Morgan fingerprint density at radius 2 is 1.60 bits per heavy atom. The molecule has 1 aliphatic heterocycles. The number of imide groups is 2. The largest absolute Gasteiger partial charge is 0.493 e. The van der Waals surface area contributed by atoms with Crippen molar-refractivity contribution in [3.05, 3.63) is 94.3 Å². The second-order valence-electron chi connectivity index (χ2n) is 8.13. The summed E-state index contributed by atoms with van der Waals surface area (Å²) in [4.78, 5) is 39.1. The number of hydrogen-bond acceptors (Lipinski definition) is 5. The van der Waals surface area contributed by atoms with Crippen LogP contribution < -0.4 is 19.7 Å². The molecule has 7 nitrogen and oxygen atoms in total. The third-order valence-corrected chi connectivity index (χ3v) is 5.37. The predicted molar refractivity (Wildman–Crippen MR) is 129 cm³/mol. The number of urea groups is 1. The number of hydrogen-bond donors (Lipinski definition) is 1. The first-order chi connectivity index (χ1) is 16.7. The van der Waals surface area contributed by atoms with Crippen molar-refractivity contribution in [1.82, 2.24) is 5.32 Å². The summed E-state index contributed by atoms with van der Waals surface area (Å²) in [5, 5.41) is 2.23. The van der Waals surface area contributed by atoms with Crippen LogP contribution >= 0.6 is 0 Å². The summed E-state index contributed by atoms with van der Waals surface area (Å²) in [5.41, 5.74) is 3.23. The third kappa shape index (κ3) is 5.22. The van der Waals surface area contributed by atoms with Crippen molar-refractivity contribution in [1.29, 1.82) is 0 Å². The van der Waals surface area contributed by atoms with E-state index in [1.165, 1.54) is 25.3 Å². The Hall–Kier alpha value is -4.46. The molecule has 1 N–H and O–H groups in total. The van der Waals surface area contributed by atoms with E-state index < -0.39 is 17.8 Å². The number of benzene rings is 3. The highest BCUT2D eigenvalue weighted by atomic mass is 19.1. The van der Waals surface area contributed by atoms with Gasteiger partial charge in [0.2, 0.25) is 0 Å². The summed E-state index contributed by atoms with van der Waals surface area (Å²) in [5.74, 6) is -1.02. The van der Waals surface area contributed by atoms with Gasteiger partial charge in [-0.25, -0.2) is 14.1 Å². The van der Waals surface area contributed by atoms with Gasteiger partial charge in [-0.15, -0.1) is 0 Å². The number of halogens is 1. The number of nitrogens with zero attached hydrogens (tertiary/aromatic N) is 1. The fourth-order valence-corrected chi connectivity index (χ4v) is 3.77. The minimum Gasteiger partial charge on any atom is -0.493 e. The van der Waals surface area contributed by atoms with E-state index in [9.17, 15) is 18.8 Å². The number of ether oxygens (including phenoxy) is 2. The van der Waals surface area contributed by atoms with Crippen LogP contribution in [0.2, 0.25) is 0 Å². The molecule has 0 radical (unpaired) electrons. The first-order valence-corrected chi connectivity index (χ1v) is 10.8. The Balaban J connectivity index is 1.60. The molecule has 35 heavy (non-hydrogen) atoms. The summed E-state index contributed by atoms with van der Waals surface area (Å²) in [6, 6.07) is 15.4. The van der Waals surface area contributed by atoms with Gasteiger partial charge >= 0.3 is 6.03 Å². The molecule has 0 atom stereocenters. The molecule has 0 spiro atoms. The number of nitrogens with one attached hydrogen (secondary N) is 1. The van der Waals surface area contributed by atoms with Gasteiger partial charge in [-0.05, 0) is 78.6 Å². The fraction of sp³-hybridized carbons (Fsp3) is 0.148. The van der Waals surface area contributed by atoms with Crippen molar-refractivity contribution in [3.63, 3.8) is 0 Å². The molecule has 4 amide bonds. The molecular formula is C27H23FN2O5. The number of carbonyl (C=O) groups excluding carboxylic acids is 3. The Labute approximate surface area is 201 Å². The Morgan fingerprint density at radius 1 is 0.914 bits per heavy atom. The third-order valence-electron chi connectivity index (χ3n) is 5.37. The van der Waals surface area contributed by atoms with Crippen LogP contribution in [0.1, 0.15) is 22.3 Å². The molecule has 3 aromatic carbocycles. The lowest BCUT2D eigenvalue weighted by atomic mass is 10.0. The smallest absolute Gasteiger partial charge is 0.335 e. The molecule has 0 aliphatic carbocycles. The minimum absolute atomic E-state index is 0.189. The predicted octanol–water partition coefficient (Wildman–Crippen LogP) is 4.70. The number of amides is 4.